The van der Waals surface area contributed by atoms with Gasteiger partial charge in [0.15, 0.2) is 0 Å². The van der Waals surface area contributed by atoms with Crippen molar-refractivity contribution in [2.75, 3.05) is 0 Å². The zero-order chi connectivity index (χ0) is 13.8. The van der Waals surface area contributed by atoms with Gasteiger partial charge in [-0.1, -0.05) is 18.2 Å². The standard InChI is InChI=1S/C14H18O3S/c1-10(18-11-7-5-4-6-8-11)12(15)9-14(2,3)13(16)17/h4-8,10H,9H2,1-3H3,(H,16,17). The Kier molecular flexibility index (Phi) is 4.96. The number of Topliss-reactive ketones (excluding diaryl/α,β-unsaturated/α-hetero) is 1. The first kappa shape index (κ1) is 14.8. The van der Waals surface area contributed by atoms with E-state index < -0.39 is 11.4 Å². The molecule has 0 aliphatic carbocycles. The molecule has 0 aromatic heterocycles. The SMILES string of the molecule is CC(Sc1ccccc1)C(=O)CC(C)(C)C(=O)O. The fourth-order valence-electron chi connectivity index (χ4n) is 1.42. The van der Waals surface area contributed by atoms with Gasteiger partial charge in [-0.2, -0.15) is 0 Å². The highest BCUT2D eigenvalue weighted by molar-refractivity contribution is 8.00. The number of ketones is 1. The van der Waals surface area contributed by atoms with Crippen molar-refractivity contribution in [3.63, 3.8) is 0 Å². The molecule has 0 radical (unpaired) electrons. The number of carbonyl (C=O) groups excluding carboxylic acids is 1. The molecule has 1 atom stereocenters. The third-order valence-electron chi connectivity index (χ3n) is 2.70. The van der Waals surface area contributed by atoms with E-state index in [-0.39, 0.29) is 17.5 Å². The summed E-state index contributed by atoms with van der Waals surface area (Å²) in [5.74, 6) is -0.969. The van der Waals surface area contributed by atoms with Crippen LogP contribution in [0.4, 0.5) is 0 Å². The highest BCUT2D eigenvalue weighted by Crippen LogP contribution is 2.28. The quantitative estimate of drug-likeness (QED) is 0.803. The minimum Gasteiger partial charge on any atom is -0.481 e. The molecular formula is C14H18O3S. The number of benzene rings is 1. The van der Waals surface area contributed by atoms with Crippen molar-refractivity contribution in [1.82, 2.24) is 0 Å². The first-order chi connectivity index (χ1) is 8.33. The predicted octanol–water partition coefficient (Wildman–Crippen LogP) is 3.24. The lowest BCUT2D eigenvalue weighted by Gasteiger charge is -2.20. The van der Waals surface area contributed by atoms with Gasteiger partial charge in [-0.3, -0.25) is 9.59 Å². The average Bonchev–Trinajstić information content (AvgIpc) is 2.29. The number of carboxylic acid groups (broad SMARTS) is 1. The fourth-order valence-corrected chi connectivity index (χ4v) is 2.36. The molecule has 4 heteroatoms. The summed E-state index contributed by atoms with van der Waals surface area (Å²) in [5.41, 5.74) is -0.997. The third kappa shape index (κ3) is 4.18. The molecule has 18 heavy (non-hydrogen) atoms. The molecule has 1 rings (SSSR count). The zero-order valence-electron chi connectivity index (χ0n) is 10.8. The number of rotatable bonds is 6. The van der Waals surface area contributed by atoms with Crippen LogP contribution < -0.4 is 0 Å². The summed E-state index contributed by atoms with van der Waals surface area (Å²) in [4.78, 5) is 24.0. The maximum Gasteiger partial charge on any atom is 0.309 e. The van der Waals surface area contributed by atoms with Crippen LogP contribution in [0.25, 0.3) is 0 Å². The van der Waals surface area contributed by atoms with Crippen molar-refractivity contribution in [3.05, 3.63) is 30.3 Å². The molecule has 0 aliphatic heterocycles. The molecule has 98 valence electrons. The molecule has 0 bridgehead atoms. The van der Waals surface area contributed by atoms with Crippen LogP contribution >= 0.6 is 11.8 Å². The van der Waals surface area contributed by atoms with Gasteiger partial charge in [0, 0.05) is 11.3 Å². The Hall–Kier alpha value is -1.29. The van der Waals surface area contributed by atoms with Crippen LogP contribution in [0.15, 0.2) is 35.2 Å². The largest absolute Gasteiger partial charge is 0.481 e. The highest BCUT2D eigenvalue weighted by Gasteiger charge is 2.31. The molecule has 0 saturated heterocycles. The fraction of sp³-hybridized carbons (Fsp3) is 0.429. The van der Waals surface area contributed by atoms with E-state index in [0.717, 1.165) is 4.90 Å². The van der Waals surface area contributed by atoms with E-state index in [1.54, 1.807) is 13.8 Å². The molecule has 3 nitrogen and oxygen atoms in total. The summed E-state index contributed by atoms with van der Waals surface area (Å²) in [6.45, 7) is 4.97. The Morgan fingerprint density at radius 3 is 2.33 bits per heavy atom. The second-order valence-corrected chi connectivity index (χ2v) is 6.32. The van der Waals surface area contributed by atoms with Gasteiger partial charge in [-0.15, -0.1) is 11.8 Å². The first-order valence-electron chi connectivity index (χ1n) is 5.81. The van der Waals surface area contributed by atoms with Crippen molar-refractivity contribution in [3.8, 4) is 0 Å². The van der Waals surface area contributed by atoms with Crippen LogP contribution in [0.1, 0.15) is 27.2 Å². The molecule has 0 heterocycles. The molecule has 1 aromatic carbocycles. The summed E-state index contributed by atoms with van der Waals surface area (Å²) < 4.78 is 0. The Balaban J connectivity index is 2.60. The van der Waals surface area contributed by atoms with E-state index >= 15 is 0 Å². The van der Waals surface area contributed by atoms with Gasteiger partial charge in [-0.05, 0) is 32.9 Å². The Morgan fingerprint density at radius 1 is 1.28 bits per heavy atom. The summed E-state index contributed by atoms with van der Waals surface area (Å²) in [7, 11) is 0. The van der Waals surface area contributed by atoms with Gasteiger partial charge in [-0.25, -0.2) is 0 Å². The second-order valence-electron chi connectivity index (χ2n) is 4.91. The highest BCUT2D eigenvalue weighted by atomic mass is 32.2. The summed E-state index contributed by atoms with van der Waals surface area (Å²) >= 11 is 1.46. The minimum absolute atomic E-state index is 0.0312. The van der Waals surface area contributed by atoms with E-state index in [4.69, 9.17) is 5.11 Å². The number of carbonyl (C=O) groups is 2. The van der Waals surface area contributed by atoms with Gasteiger partial charge in [0.1, 0.15) is 5.78 Å². The maximum absolute atomic E-state index is 12.0. The normalized spacial score (nSPS) is 13.1. The lowest BCUT2D eigenvalue weighted by atomic mass is 9.87. The molecule has 1 aromatic rings. The van der Waals surface area contributed by atoms with Crippen molar-refractivity contribution >= 4 is 23.5 Å². The van der Waals surface area contributed by atoms with E-state index in [1.165, 1.54) is 11.8 Å². The monoisotopic (exact) mass is 266 g/mol. The van der Waals surface area contributed by atoms with Gasteiger partial charge in [0.25, 0.3) is 0 Å². The summed E-state index contributed by atoms with van der Waals surface area (Å²) in [6.07, 6.45) is 0.0589. The smallest absolute Gasteiger partial charge is 0.309 e. The lowest BCUT2D eigenvalue weighted by Crippen LogP contribution is -2.29. The van der Waals surface area contributed by atoms with Crippen LogP contribution in [0.3, 0.4) is 0 Å². The molecule has 0 fully saturated rings. The van der Waals surface area contributed by atoms with Crippen molar-refractivity contribution < 1.29 is 14.7 Å². The second kappa shape index (κ2) is 6.05. The summed E-state index contributed by atoms with van der Waals surface area (Å²) in [5, 5.41) is 8.77. The zero-order valence-corrected chi connectivity index (χ0v) is 11.7. The molecular weight excluding hydrogens is 248 g/mol. The van der Waals surface area contributed by atoms with Crippen LogP contribution in [0.5, 0.6) is 0 Å². The average molecular weight is 266 g/mol. The third-order valence-corrected chi connectivity index (χ3v) is 3.87. The topological polar surface area (TPSA) is 54.4 Å². The first-order valence-corrected chi connectivity index (χ1v) is 6.69. The van der Waals surface area contributed by atoms with E-state index in [1.807, 2.05) is 37.3 Å². The Bertz CT molecular complexity index is 426. The van der Waals surface area contributed by atoms with E-state index in [2.05, 4.69) is 0 Å². The van der Waals surface area contributed by atoms with Crippen LogP contribution in [0, 0.1) is 5.41 Å². The van der Waals surface area contributed by atoms with Gasteiger partial charge < -0.3 is 5.11 Å². The van der Waals surface area contributed by atoms with Gasteiger partial charge >= 0.3 is 5.97 Å². The Morgan fingerprint density at radius 2 is 1.83 bits per heavy atom. The number of thioether (sulfide) groups is 1. The summed E-state index contributed by atoms with van der Waals surface area (Å²) in [6, 6.07) is 9.64. The number of hydrogen-bond acceptors (Lipinski definition) is 3. The van der Waals surface area contributed by atoms with Crippen molar-refractivity contribution in [2.45, 2.75) is 37.3 Å². The molecule has 0 aliphatic rings. The minimum atomic E-state index is -0.997. The van der Waals surface area contributed by atoms with E-state index in [0.29, 0.717) is 0 Å². The molecule has 1 unspecified atom stereocenters. The molecule has 1 N–H and O–H groups in total. The molecule has 0 saturated carbocycles. The van der Waals surface area contributed by atoms with Crippen molar-refractivity contribution in [1.29, 1.82) is 0 Å². The predicted molar refractivity (Wildman–Crippen MR) is 72.8 cm³/mol. The number of hydrogen-bond donors (Lipinski definition) is 1. The maximum atomic E-state index is 12.0. The van der Waals surface area contributed by atoms with Crippen LogP contribution in [0.2, 0.25) is 0 Å². The van der Waals surface area contributed by atoms with Crippen LogP contribution in [-0.4, -0.2) is 22.1 Å². The van der Waals surface area contributed by atoms with Crippen molar-refractivity contribution in [2.24, 2.45) is 5.41 Å². The van der Waals surface area contributed by atoms with E-state index in [9.17, 15) is 9.59 Å². The Labute approximate surface area is 112 Å². The lowest BCUT2D eigenvalue weighted by molar-refractivity contribution is -0.149. The molecule has 0 spiro atoms. The van der Waals surface area contributed by atoms with Gasteiger partial charge in [0.05, 0.1) is 10.7 Å². The molecule has 0 amide bonds. The van der Waals surface area contributed by atoms with Gasteiger partial charge in [0.2, 0.25) is 0 Å². The number of carboxylic acids is 1. The van der Waals surface area contributed by atoms with Crippen LogP contribution in [-0.2, 0) is 9.59 Å². The number of aliphatic carboxylic acids is 1.